The molecule has 0 radical (unpaired) electrons. The largest absolute Gasteiger partial charge is 0.497 e. The summed E-state index contributed by atoms with van der Waals surface area (Å²) in [5, 5.41) is 3.61. The third-order valence-electron chi connectivity index (χ3n) is 5.25. The van der Waals surface area contributed by atoms with E-state index in [0.29, 0.717) is 41.1 Å². The lowest BCUT2D eigenvalue weighted by Crippen LogP contribution is -2.32. The Kier molecular flexibility index (Phi) is 5.51. The van der Waals surface area contributed by atoms with Crippen molar-refractivity contribution in [3.05, 3.63) is 59.9 Å². The van der Waals surface area contributed by atoms with E-state index < -0.39 is 0 Å². The van der Waals surface area contributed by atoms with E-state index in [0.717, 1.165) is 25.7 Å². The minimum absolute atomic E-state index is 0.177. The summed E-state index contributed by atoms with van der Waals surface area (Å²) in [5.41, 5.74) is 1.44. The second-order valence-electron chi connectivity index (χ2n) is 7.19. The molecule has 0 bridgehead atoms. The van der Waals surface area contributed by atoms with Crippen LogP contribution in [0.1, 0.15) is 46.6 Å². The van der Waals surface area contributed by atoms with E-state index in [4.69, 9.17) is 9.15 Å². The molecule has 0 saturated carbocycles. The lowest BCUT2D eigenvalue weighted by Gasteiger charge is -2.19. The average molecular weight is 392 g/mol. The maximum Gasteiger partial charge on any atom is 0.291 e. The molecular weight excluding hydrogens is 368 g/mol. The molecule has 1 aliphatic rings. The summed E-state index contributed by atoms with van der Waals surface area (Å²) in [4.78, 5) is 27.9. The van der Waals surface area contributed by atoms with Crippen molar-refractivity contribution in [3.63, 3.8) is 0 Å². The fraction of sp³-hybridized carbons (Fsp3) is 0.304. The van der Waals surface area contributed by atoms with Crippen LogP contribution in [-0.4, -0.2) is 36.9 Å². The maximum atomic E-state index is 13.2. The fourth-order valence-electron chi connectivity index (χ4n) is 3.69. The standard InChI is InChI=1S/C23H24N2O4/c1-28-17-10-8-9-16(15-17)22(26)24-20-18-11-4-5-12-19(18)29-21(20)23(27)25-13-6-2-3-7-14-25/h4-5,8-12,15H,2-3,6-7,13-14H2,1H3,(H,24,26). The van der Waals surface area contributed by atoms with Crippen molar-refractivity contribution in [2.24, 2.45) is 0 Å². The number of hydrogen-bond donors (Lipinski definition) is 1. The Balaban J connectivity index is 1.69. The van der Waals surface area contributed by atoms with Crippen molar-refractivity contribution in [1.82, 2.24) is 4.90 Å². The zero-order valence-electron chi connectivity index (χ0n) is 16.4. The molecule has 2 amide bonds. The van der Waals surface area contributed by atoms with Gasteiger partial charge in [0.15, 0.2) is 0 Å². The van der Waals surface area contributed by atoms with Gasteiger partial charge >= 0.3 is 0 Å². The molecule has 3 aromatic rings. The first-order valence-electron chi connectivity index (χ1n) is 9.93. The number of methoxy groups -OCH3 is 1. The molecule has 2 heterocycles. The Morgan fingerprint density at radius 1 is 1.00 bits per heavy atom. The van der Waals surface area contributed by atoms with Gasteiger partial charge in [0.05, 0.1) is 7.11 Å². The molecule has 0 spiro atoms. The molecule has 1 fully saturated rings. The molecule has 1 N–H and O–H groups in total. The number of ether oxygens (including phenoxy) is 1. The normalized spacial score (nSPS) is 14.4. The molecule has 0 atom stereocenters. The highest BCUT2D eigenvalue weighted by atomic mass is 16.5. The van der Waals surface area contributed by atoms with Gasteiger partial charge in [0.1, 0.15) is 17.0 Å². The number of para-hydroxylation sites is 1. The second-order valence-corrected chi connectivity index (χ2v) is 7.19. The van der Waals surface area contributed by atoms with Crippen LogP contribution in [0.25, 0.3) is 11.0 Å². The smallest absolute Gasteiger partial charge is 0.291 e. The number of hydrogen-bond acceptors (Lipinski definition) is 4. The van der Waals surface area contributed by atoms with E-state index in [2.05, 4.69) is 5.32 Å². The van der Waals surface area contributed by atoms with Crippen LogP contribution in [0.5, 0.6) is 5.75 Å². The average Bonchev–Trinajstić information content (AvgIpc) is 2.93. The Bertz CT molecular complexity index is 1030. The number of nitrogens with zero attached hydrogens (tertiary/aromatic N) is 1. The molecule has 6 nitrogen and oxygen atoms in total. The summed E-state index contributed by atoms with van der Waals surface area (Å²) in [6.07, 6.45) is 4.22. The summed E-state index contributed by atoms with van der Waals surface area (Å²) in [7, 11) is 1.55. The van der Waals surface area contributed by atoms with Gasteiger partial charge in [-0.05, 0) is 43.2 Å². The van der Waals surface area contributed by atoms with Gasteiger partial charge in [-0.1, -0.05) is 31.0 Å². The molecule has 1 aliphatic heterocycles. The molecule has 2 aromatic carbocycles. The van der Waals surface area contributed by atoms with Crippen molar-refractivity contribution < 1.29 is 18.7 Å². The highest BCUT2D eigenvalue weighted by Crippen LogP contribution is 2.33. The predicted molar refractivity (Wildman–Crippen MR) is 112 cm³/mol. The Morgan fingerprint density at radius 3 is 2.52 bits per heavy atom. The van der Waals surface area contributed by atoms with Crippen LogP contribution in [0.4, 0.5) is 5.69 Å². The Labute approximate surface area is 169 Å². The van der Waals surface area contributed by atoms with Gasteiger partial charge in [-0.3, -0.25) is 9.59 Å². The van der Waals surface area contributed by atoms with Crippen molar-refractivity contribution in [1.29, 1.82) is 0 Å². The Morgan fingerprint density at radius 2 is 1.76 bits per heavy atom. The van der Waals surface area contributed by atoms with Crippen LogP contribution in [-0.2, 0) is 0 Å². The highest BCUT2D eigenvalue weighted by molar-refractivity contribution is 6.14. The van der Waals surface area contributed by atoms with E-state index >= 15 is 0 Å². The summed E-state index contributed by atoms with van der Waals surface area (Å²) in [6, 6.07) is 14.3. The van der Waals surface area contributed by atoms with E-state index in [1.807, 2.05) is 23.1 Å². The van der Waals surface area contributed by atoms with Gasteiger partial charge in [0.25, 0.3) is 11.8 Å². The SMILES string of the molecule is COc1cccc(C(=O)Nc2c(C(=O)N3CCCCCC3)oc3ccccc23)c1. The number of likely N-dealkylation sites (tertiary alicyclic amines) is 1. The molecular formula is C23H24N2O4. The molecule has 29 heavy (non-hydrogen) atoms. The zero-order valence-corrected chi connectivity index (χ0v) is 16.4. The van der Waals surface area contributed by atoms with Crippen LogP contribution in [0.2, 0.25) is 0 Å². The lowest BCUT2D eigenvalue weighted by molar-refractivity contribution is 0.0733. The molecule has 6 heteroatoms. The number of fused-ring (bicyclic) bond motifs is 1. The van der Waals surface area contributed by atoms with E-state index in [-0.39, 0.29) is 17.6 Å². The van der Waals surface area contributed by atoms with Gasteiger partial charge in [-0.15, -0.1) is 0 Å². The summed E-state index contributed by atoms with van der Waals surface area (Å²) >= 11 is 0. The summed E-state index contributed by atoms with van der Waals surface area (Å²) < 4.78 is 11.1. The number of furan rings is 1. The second kappa shape index (κ2) is 8.39. The molecule has 1 aromatic heterocycles. The predicted octanol–water partition coefficient (Wildman–Crippen LogP) is 4.71. The third kappa shape index (κ3) is 3.97. The molecule has 0 unspecified atom stereocenters. The summed E-state index contributed by atoms with van der Waals surface area (Å²) in [5.74, 6) is 0.282. The first kappa shape index (κ1) is 19.1. The fourth-order valence-corrected chi connectivity index (χ4v) is 3.69. The number of anilines is 1. The number of carbonyl (C=O) groups is 2. The topological polar surface area (TPSA) is 71.8 Å². The van der Waals surface area contributed by atoms with Crippen LogP contribution >= 0.6 is 0 Å². The van der Waals surface area contributed by atoms with E-state index in [9.17, 15) is 9.59 Å². The zero-order chi connectivity index (χ0) is 20.2. The third-order valence-corrected chi connectivity index (χ3v) is 5.25. The van der Waals surface area contributed by atoms with Crippen molar-refractivity contribution >= 4 is 28.5 Å². The van der Waals surface area contributed by atoms with Gasteiger partial charge in [-0.2, -0.15) is 0 Å². The Hall–Kier alpha value is -3.28. The molecule has 0 aliphatic carbocycles. The van der Waals surface area contributed by atoms with Gasteiger partial charge in [0, 0.05) is 24.0 Å². The van der Waals surface area contributed by atoms with Crippen molar-refractivity contribution in [3.8, 4) is 5.75 Å². The van der Waals surface area contributed by atoms with E-state index in [1.54, 1.807) is 37.4 Å². The molecule has 4 rings (SSSR count). The van der Waals surface area contributed by atoms with Gasteiger partial charge < -0.3 is 19.4 Å². The number of amides is 2. The number of benzene rings is 2. The monoisotopic (exact) mass is 392 g/mol. The first-order chi connectivity index (χ1) is 14.2. The lowest BCUT2D eigenvalue weighted by atomic mass is 10.1. The van der Waals surface area contributed by atoms with Gasteiger partial charge in [0.2, 0.25) is 5.76 Å². The van der Waals surface area contributed by atoms with Crippen molar-refractivity contribution in [2.75, 3.05) is 25.5 Å². The first-order valence-corrected chi connectivity index (χ1v) is 9.93. The van der Waals surface area contributed by atoms with Crippen molar-refractivity contribution in [2.45, 2.75) is 25.7 Å². The highest BCUT2D eigenvalue weighted by Gasteiger charge is 2.27. The van der Waals surface area contributed by atoms with Crippen LogP contribution < -0.4 is 10.1 Å². The quantitative estimate of drug-likeness (QED) is 0.698. The van der Waals surface area contributed by atoms with E-state index in [1.165, 1.54) is 0 Å². The van der Waals surface area contributed by atoms with Gasteiger partial charge in [-0.25, -0.2) is 0 Å². The molecule has 150 valence electrons. The minimum atomic E-state index is -0.319. The molecule has 1 saturated heterocycles. The number of carbonyl (C=O) groups excluding carboxylic acids is 2. The number of nitrogens with one attached hydrogen (secondary N) is 1. The number of rotatable bonds is 4. The van der Waals surface area contributed by atoms with Crippen LogP contribution in [0.3, 0.4) is 0 Å². The van der Waals surface area contributed by atoms with Crippen LogP contribution in [0.15, 0.2) is 52.9 Å². The summed E-state index contributed by atoms with van der Waals surface area (Å²) in [6.45, 7) is 1.41. The maximum absolute atomic E-state index is 13.2. The minimum Gasteiger partial charge on any atom is -0.497 e. The van der Waals surface area contributed by atoms with Crippen LogP contribution in [0, 0.1) is 0 Å².